The Kier molecular flexibility index (Phi) is 28.0. The zero-order chi connectivity index (χ0) is 32.8. The maximum Gasteiger partial charge on any atom is 0.243 e. The molecule has 11 nitrogen and oxygen atoms in total. The fraction of sp³-hybridized carbons (Fsp3) is 0.879. The summed E-state index contributed by atoms with van der Waals surface area (Å²) in [5, 5.41) is 8.21. The Bertz CT molecular complexity index is 754. The van der Waals surface area contributed by atoms with Crippen molar-refractivity contribution in [2.75, 3.05) is 19.6 Å². The highest BCUT2D eigenvalue weighted by atomic mass is 16.2. The van der Waals surface area contributed by atoms with Gasteiger partial charge in [0.15, 0.2) is 0 Å². The van der Waals surface area contributed by atoms with Crippen LogP contribution in [0.25, 0.3) is 0 Å². The van der Waals surface area contributed by atoms with Crippen LogP contribution in [0.1, 0.15) is 148 Å². The van der Waals surface area contributed by atoms with Crippen LogP contribution < -0.4 is 38.9 Å². The molecule has 0 fully saturated rings. The molecule has 11 heteroatoms. The summed E-state index contributed by atoms with van der Waals surface area (Å²) in [7, 11) is 0. The fourth-order valence-corrected chi connectivity index (χ4v) is 5.26. The van der Waals surface area contributed by atoms with Crippen molar-refractivity contribution in [2.45, 2.75) is 166 Å². The average molecular weight is 626 g/mol. The lowest BCUT2D eigenvalue weighted by atomic mass is 10.0. The molecular formula is C33H67N7O4. The van der Waals surface area contributed by atoms with Crippen LogP contribution in [0, 0.1) is 0 Å². The predicted octanol–water partition coefficient (Wildman–Crippen LogP) is 3.40. The van der Waals surface area contributed by atoms with Crippen molar-refractivity contribution in [3.8, 4) is 0 Å². The quantitative estimate of drug-likeness (QED) is 0.0570. The van der Waals surface area contributed by atoms with Crippen LogP contribution in [0.3, 0.4) is 0 Å². The van der Waals surface area contributed by atoms with Crippen LogP contribution >= 0.6 is 0 Å². The van der Waals surface area contributed by atoms with Crippen LogP contribution in [-0.2, 0) is 19.2 Å². The highest BCUT2D eigenvalue weighted by molar-refractivity contribution is 5.94. The minimum atomic E-state index is -0.918. The molecule has 44 heavy (non-hydrogen) atoms. The number of unbranched alkanes of at least 4 members (excludes halogenated alkanes) is 14. The van der Waals surface area contributed by atoms with E-state index < -0.39 is 35.8 Å². The summed E-state index contributed by atoms with van der Waals surface area (Å²) in [6, 6.07) is -2.61. The molecule has 0 rings (SSSR count). The third-order valence-electron chi connectivity index (χ3n) is 8.04. The number of nitrogens with one attached hydrogen (secondary N) is 3. The number of hydrogen-bond donors (Lipinski definition) is 7. The van der Waals surface area contributed by atoms with Gasteiger partial charge in [-0.3, -0.25) is 19.2 Å². The van der Waals surface area contributed by atoms with E-state index in [0.717, 1.165) is 19.3 Å². The Labute approximate surface area is 267 Å². The van der Waals surface area contributed by atoms with Crippen molar-refractivity contribution in [3.05, 3.63) is 0 Å². The lowest BCUT2D eigenvalue weighted by Gasteiger charge is -2.25. The van der Waals surface area contributed by atoms with E-state index >= 15 is 0 Å². The van der Waals surface area contributed by atoms with Crippen LogP contribution in [0.4, 0.5) is 0 Å². The first-order valence-corrected chi connectivity index (χ1v) is 17.6. The molecule has 0 unspecified atom stereocenters. The molecule has 0 aromatic rings. The molecule has 0 aliphatic rings. The number of nitrogens with two attached hydrogens (primary N) is 4. The molecule has 258 valence electrons. The minimum Gasteiger partial charge on any atom is -0.368 e. The number of amides is 4. The summed E-state index contributed by atoms with van der Waals surface area (Å²) in [6.45, 7) is 3.32. The Balaban J connectivity index is 4.52. The largest absolute Gasteiger partial charge is 0.368 e. The van der Waals surface area contributed by atoms with Gasteiger partial charge in [-0.05, 0) is 64.6 Å². The molecule has 0 radical (unpaired) electrons. The molecule has 3 atom stereocenters. The number of carbonyl (C=O) groups is 4. The van der Waals surface area contributed by atoms with E-state index in [1.807, 2.05) is 0 Å². The van der Waals surface area contributed by atoms with Gasteiger partial charge in [-0.15, -0.1) is 0 Å². The highest BCUT2D eigenvalue weighted by Gasteiger charge is 2.28. The topological polar surface area (TPSA) is 208 Å². The summed E-state index contributed by atoms with van der Waals surface area (Å²) in [4.78, 5) is 50.6. The molecule has 0 saturated heterocycles. The minimum absolute atomic E-state index is 0.185. The number of carbonyl (C=O) groups excluding carboxylic acids is 4. The van der Waals surface area contributed by atoms with Gasteiger partial charge in [0.05, 0.1) is 0 Å². The van der Waals surface area contributed by atoms with E-state index in [1.165, 1.54) is 77.0 Å². The zero-order valence-corrected chi connectivity index (χ0v) is 27.9. The average Bonchev–Trinajstić information content (AvgIpc) is 3.00. The van der Waals surface area contributed by atoms with E-state index in [1.54, 1.807) is 0 Å². The van der Waals surface area contributed by atoms with Crippen LogP contribution in [-0.4, -0.2) is 61.4 Å². The molecule has 0 aromatic heterocycles. The normalized spacial score (nSPS) is 13.2. The number of primary amides is 1. The van der Waals surface area contributed by atoms with Crippen LogP contribution in [0.2, 0.25) is 0 Å². The molecule has 4 amide bonds. The molecule has 0 aliphatic heterocycles. The molecule has 0 spiro atoms. The first kappa shape index (κ1) is 41.8. The first-order valence-electron chi connectivity index (χ1n) is 17.6. The maximum absolute atomic E-state index is 13.2. The van der Waals surface area contributed by atoms with Crippen LogP contribution in [0.15, 0.2) is 0 Å². The molecule has 0 saturated carbocycles. The van der Waals surface area contributed by atoms with Crippen molar-refractivity contribution in [3.63, 3.8) is 0 Å². The number of hydrogen-bond acceptors (Lipinski definition) is 7. The summed E-state index contributed by atoms with van der Waals surface area (Å²) in [5.41, 5.74) is 22.3. The summed E-state index contributed by atoms with van der Waals surface area (Å²) < 4.78 is 0. The zero-order valence-electron chi connectivity index (χ0n) is 27.9. The molecule has 0 heterocycles. The number of rotatable bonds is 31. The lowest BCUT2D eigenvalue weighted by Crippen LogP contribution is -2.56. The van der Waals surface area contributed by atoms with E-state index in [4.69, 9.17) is 22.9 Å². The Morgan fingerprint density at radius 1 is 0.477 bits per heavy atom. The van der Waals surface area contributed by atoms with Gasteiger partial charge in [-0.2, -0.15) is 0 Å². The van der Waals surface area contributed by atoms with Crippen molar-refractivity contribution in [2.24, 2.45) is 22.9 Å². The van der Waals surface area contributed by atoms with Crippen LogP contribution in [0.5, 0.6) is 0 Å². The molecule has 0 bridgehead atoms. The van der Waals surface area contributed by atoms with Gasteiger partial charge in [0, 0.05) is 6.42 Å². The first-order chi connectivity index (χ1) is 21.3. The second-order valence-corrected chi connectivity index (χ2v) is 12.1. The van der Waals surface area contributed by atoms with E-state index in [9.17, 15) is 19.2 Å². The maximum atomic E-state index is 13.2. The summed E-state index contributed by atoms with van der Waals surface area (Å²) >= 11 is 0. The molecule has 11 N–H and O–H groups in total. The van der Waals surface area contributed by atoms with Gasteiger partial charge in [0.2, 0.25) is 23.6 Å². The van der Waals surface area contributed by atoms with E-state index in [-0.39, 0.29) is 12.3 Å². The second-order valence-electron chi connectivity index (χ2n) is 12.1. The van der Waals surface area contributed by atoms with Crippen molar-refractivity contribution >= 4 is 23.6 Å². The third kappa shape index (κ3) is 23.2. The fourth-order valence-electron chi connectivity index (χ4n) is 5.26. The standard InChI is InChI=1S/C33H67N7O4/c1-2-3-4-5-6-7-8-9-10-11-12-13-14-15-16-23-30(41)38-28(21-18-25-35)32(43)40-29(22-19-26-36)33(44)39-27(31(37)42)20-17-24-34/h27-29H,2-26,34-36H2,1H3,(H2,37,42)(H,38,41)(H,39,44)(H,40,43)/t27-,28-,29-/m0/s1. The third-order valence-corrected chi connectivity index (χ3v) is 8.04. The van der Waals surface area contributed by atoms with Crippen molar-refractivity contribution in [1.29, 1.82) is 0 Å². The Morgan fingerprint density at radius 2 is 0.818 bits per heavy atom. The van der Waals surface area contributed by atoms with Gasteiger partial charge in [-0.25, -0.2) is 0 Å². The van der Waals surface area contributed by atoms with Gasteiger partial charge >= 0.3 is 0 Å². The monoisotopic (exact) mass is 626 g/mol. The summed E-state index contributed by atoms with van der Waals surface area (Å²) in [5.74, 6) is -1.83. The molecule has 0 aromatic carbocycles. The smallest absolute Gasteiger partial charge is 0.243 e. The Morgan fingerprint density at radius 3 is 1.20 bits per heavy atom. The van der Waals surface area contributed by atoms with Gasteiger partial charge in [-0.1, -0.05) is 96.8 Å². The van der Waals surface area contributed by atoms with E-state index in [2.05, 4.69) is 22.9 Å². The second kappa shape index (κ2) is 29.5. The van der Waals surface area contributed by atoms with E-state index in [0.29, 0.717) is 58.2 Å². The Hall–Kier alpha value is -2.24. The highest BCUT2D eigenvalue weighted by Crippen LogP contribution is 2.14. The summed E-state index contributed by atoms with van der Waals surface area (Å²) in [6.07, 6.45) is 21.7. The van der Waals surface area contributed by atoms with Gasteiger partial charge in [0.25, 0.3) is 0 Å². The molecular weight excluding hydrogens is 558 g/mol. The SMILES string of the molecule is CCCCCCCCCCCCCCCCCC(=O)N[C@@H](CCCN)C(=O)N[C@@H](CCCN)C(=O)N[C@@H](CCCN)C(N)=O. The lowest BCUT2D eigenvalue weighted by molar-refractivity contribution is -0.133. The predicted molar refractivity (Wildman–Crippen MR) is 179 cm³/mol. The van der Waals surface area contributed by atoms with Gasteiger partial charge in [0.1, 0.15) is 18.1 Å². The van der Waals surface area contributed by atoms with Crippen molar-refractivity contribution < 1.29 is 19.2 Å². The van der Waals surface area contributed by atoms with Gasteiger partial charge < -0.3 is 38.9 Å². The van der Waals surface area contributed by atoms with Crippen molar-refractivity contribution in [1.82, 2.24) is 16.0 Å². The molecule has 0 aliphatic carbocycles.